The number of carbonyl (C=O) groups excluding carboxylic acids is 2. The molecule has 0 N–H and O–H groups in total. The number of likely N-dealkylation sites (tertiary alicyclic amines) is 1. The second kappa shape index (κ2) is 15.0. The molecule has 0 atom stereocenters. The largest absolute Gasteiger partial charge is 1.00 e. The monoisotopic (exact) mass is 554 g/mol. The zero-order valence-electron chi connectivity index (χ0n) is 23.3. The van der Waals surface area contributed by atoms with E-state index in [4.69, 9.17) is 0 Å². The van der Waals surface area contributed by atoms with E-state index >= 15 is 0 Å². The number of hydrogen-bond donors (Lipinski definition) is 0. The van der Waals surface area contributed by atoms with E-state index in [1.165, 1.54) is 11.3 Å². The maximum atomic E-state index is 13.9. The molecule has 2 heterocycles. The van der Waals surface area contributed by atoms with Gasteiger partial charge in [-0.3, -0.25) is 4.79 Å². The van der Waals surface area contributed by atoms with Crippen molar-refractivity contribution >= 4 is 28.9 Å². The van der Waals surface area contributed by atoms with Crippen molar-refractivity contribution in [2.45, 2.75) is 96.9 Å². The molecule has 3 fully saturated rings. The van der Waals surface area contributed by atoms with Crippen LogP contribution >= 0.6 is 11.3 Å². The molecule has 0 radical (unpaired) electrons. The number of rotatable bonds is 5. The zero-order chi connectivity index (χ0) is 23.8. The average Bonchev–Trinajstić information content (AvgIpc) is 3.21. The van der Waals surface area contributed by atoms with E-state index in [1.807, 2.05) is 4.90 Å². The number of carboxylic acid groups (broad SMARTS) is 1. The third kappa shape index (κ3) is 8.44. The fourth-order valence-corrected chi connectivity index (χ4v) is 7.22. The minimum Gasteiger partial charge on any atom is -1.00 e. The summed E-state index contributed by atoms with van der Waals surface area (Å²) in [7, 11) is 2.12. The Morgan fingerprint density at radius 1 is 1.00 bits per heavy atom. The minimum absolute atomic E-state index is 0. The Morgan fingerprint density at radius 3 is 2.08 bits per heavy atom. The van der Waals surface area contributed by atoms with Gasteiger partial charge < -0.3 is 32.1 Å². The molecule has 2 aliphatic carbocycles. The fourth-order valence-electron chi connectivity index (χ4n) is 6.06. The molecule has 0 aromatic carbocycles. The van der Waals surface area contributed by atoms with Crippen LogP contribution < -0.4 is 81.5 Å². The van der Waals surface area contributed by atoms with Crippen LogP contribution in [-0.2, 0) is 4.79 Å². The van der Waals surface area contributed by atoms with Crippen LogP contribution in [0.2, 0.25) is 0 Å². The molecule has 5 nitrogen and oxygen atoms in total. The molecule has 1 aliphatic heterocycles. The minimum atomic E-state index is -1.14. The predicted molar refractivity (Wildman–Crippen MR) is 133 cm³/mol. The smallest absolute Gasteiger partial charge is 1.00 e. The first-order valence-electron chi connectivity index (χ1n) is 13.0. The van der Waals surface area contributed by atoms with Gasteiger partial charge in [-0.25, -0.2) is 0 Å². The number of piperidine rings is 1. The van der Waals surface area contributed by atoms with Gasteiger partial charge in [-0.05, 0) is 108 Å². The van der Waals surface area contributed by atoms with E-state index in [0.717, 1.165) is 82.2 Å². The summed E-state index contributed by atoms with van der Waals surface area (Å²) in [6.45, 7) is 8.78. The molecule has 3 aliphatic rings. The summed E-state index contributed by atoms with van der Waals surface area (Å²) in [5.41, 5.74) is 0.986. The summed E-state index contributed by atoms with van der Waals surface area (Å²) in [5.74, 6) is 0.0792. The number of amides is 1. The maximum absolute atomic E-state index is 13.9. The zero-order valence-corrected chi connectivity index (χ0v) is 28.8. The summed E-state index contributed by atoms with van der Waals surface area (Å²) in [4.78, 5) is 31.8. The third-order valence-corrected chi connectivity index (χ3v) is 9.84. The molecule has 2 saturated carbocycles. The quantitative estimate of drug-likeness (QED) is 0.349. The van der Waals surface area contributed by atoms with Gasteiger partial charge in [-0.2, -0.15) is 0 Å². The van der Waals surface area contributed by atoms with Crippen LogP contribution in [0.25, 0.3) is 0 Å². The molecule has 1 saturated heterocycles. The normalized spacial score (nSPS) is 25.1. The van der Waals surface area contributed by atoms with Gasteiger partial charge in [-0.15, -0.1) is 11.3 Å². The Bertz CT molecular complexity index is 855. The van der Waals surface area contributed by atoms with Crippen LogP contribution in [0, 0.1) is 17.3 Å². The second-order valence-electron chi connectivity index (χ2n) is 11.8. The van der Waals surface area contributed by atoms with Crippen molar-refractivity contribution in [3.8, 4) is 0 Å². The topological polar surface area (TPSA) is 63.7 Å². The van der Waals surface area contributed by atoms with Crippen LogP contribution in [0.3, 0.4) is 0 Å². The summed E-state index contributed by atoms with van der Waals surface area (Å²) in [5, 5.41) is 12.3. The van der Waals surface area contributed by atoms with Crippen LogP contribution in [0.15, 0.2) is 6.07 Å². The van der Waals surface area contributed by atoms with Gasteiger partial charge in [0.05, 0.1) is 16.5 Å². The van der Waals surface area contributed by atoms with Gasteiger partial charge >= 0.3 is 59.1 Å². The van der Waals surface area contributed by atoms with Crippen LogP contribution in [0.4, 0.5) is 5.69 Å². The summed E-state index contributed by atoms with van der Waals surface area (Å²) in [6, 6.07) is 2.12. The molecule has 36 heavy (non-hydrogen) atoms. The molecule has 4 rings (SSSR count). The average molecular weight is 555 g/mol. The van der Waals surface area contributed by atoms with Gasteiger partial charge in [-0.1, -0.05) is 20.8 Å². The first-order valence-corrected chi connectivity index (χ1v) is 13.8. The molecular formula is C27H41ClN2Na2O3S. The van der Waals surface area contributed by atoms with Crippen molar-refractivity contribution in [1.82, 2.24) is 4.90 Å². The SMILES string of the molecule is CC1CCC(C(=O)N(c2cc(C3CCC(C)(C)CC3)sc2C(=O)[O-])C2CCN(C)CC2)CC1.[Cl-].[Na+].[Na+]. The van der Waals surface area contributed by atoms with Crippen LogP contribution in [0.1, 0.15) is 105 Å². The molecule has 0 bridgehead atoms. The van der Waals surface area contributed by atoms with Gasteiger partial charge in [0.2, 0.25) is 5.91 Å². The number of halogens is 1. The number of thiophene rings is 1. The van der Waals surface area contributed by atoms with Crippen molar-refractivity contribution < 1.29 is 86.2 Å². The van der Waals surface area contributed by atoms with Gasteiger partial charge in [0.25, 0.3) is 0 Å². The van der Waals surface area contributed by atoms with E-state index in [-0.39, 0.29) is 94.3 Å². The molecule has 192 valence electrons. The molecule has 0 unspecified atom stereocenters. The predicted octanol–water partition coefficient (Wildman–Crippen LogP) is -3.94. The van der Waals surface area contributed by atoms with Crippen molar-refractivity contribution in [3.05, 3.63) is 15.8 Å². The first kappa shape index (κ1) is 34.9. The second-order valence-corrected chi connectivity index (χ2v) is 12.9. The maximum Gasteiger partial charge on any atom is 1.00 e. The molecule has 1 aromatic heterocycles. The number of carboxylic acids is 1. The van der Waals surface area contributed by atoms with Crippen molar-refractivity contribution in [2.75, 3.05) is 25.0 Å². The van der Waals surface area contributed by atoms with Crippen LogP contribution in [-0.4, -0.2) is 43.0 Å². The Hall–Kier alpha value is 0.890. The number of carbonyl (C=O) groups is 2. The van der Waals surface area contributed by atoms with E-state index in [0.29, 0.717) is 22.9 Å². The van der Waals surface area contributed by atoms with E-state index in [2.05, 4.69) is 38.8 Å². The molecule has 9 heteroatoms. The number of aromatic carboxylic acids is 1. The third-order valence-electron chi connectivity index (χ3n) is 8.57. The molecule has 1 amide bonds. The Labute approximate surface area is 272 Å². The van der Waals surface area contributed by atoms with E-state index in [1.54, 1.807) is 0 Å². The Balaban J connectivity index is 0.00000216. The number of hydrogen-bond acceptors (Lipinski definition) is 5. The Morgan fingerprint density at radius 2 is 1.56 bits per heavy atom. The van der Waals surface area contributed by atoms with E-state index < -0.39 is 5.97 Å². The fraction of sp³-hybridized carbons (Fsp3) is 0.778. The van der Waals surface area contributed by atoms with Gasteiger partial charge in [0.15, 0.2) is 0 Å². The summed E-state index contributed by atoms with van der Waals surface area (Å²) >= 11 is 1.37. The van der Waals surface area contributed by atoms with Gasteiger partial charge in [0.1, 0.15) is 0 Å². The van der Waals surface area contributed by atoms with Crippen molar-refractivity contribution in [3.63, 3.8) is 0 Å². The Kier molecular flexibility index (Phi) is 14.6. The van der Waals surface area contributed by atoms with Crippen molar-refractivity contribution in [1.29, 1.82) is 0 Å². The van der Waals surface area contributed by atoms with Gasteiger partial charge in [0, 0.05) is 16.8 Å². The van der Waals surface area contributed by atoms with Crippen LogP contribution in [0.5, 0.6) is 0 Å². The summed E-state index contributed by atoms with van der Waals surface area (Å²) < 4.78 is 0. The molecule has 0 spiro atoms. The summed E-state index contributed by atoms with van der Waals surface area (Å²) in [6.07, 6.45) is 10.3. The van der Waals surface area contributed by atoms with E-state index in [9.17, 15) is 14.7 Å². The molecule has 1 aromatic rings. The number of anilines is 1. The van der Waals surface area contributed by atoms with Crippen molar-refractivity contribution in [2.24, 2.45) is 17.3 Å². The first-order chi connectivity index (χ1) is 15.6. The number of nitrogens with zero attached hydrogens (tertiary/aromatic N) is 2. The molecular weight excluding hydrogens is 514 g/mol. The standard InChI is InChI=1S/C27H42N2O3S.ClH.2Na/c1-18-5-7-20(8-6-18)25(30)29(21-11-15-28(4)16-12-21)22-17-23(33-24(22)26(31)32)19-9-13-27(2,3)14-10-19;;;/h17-21H,5-16H2,1-4H3,(H,31,32);1H;;/q;;2*+1/p-2.